The molecule has 10 heteroatoms. The van der Waals surface area contributed by atoms with Gasteiger partial charge in [-0.3, -0.25) is 14.4 Å². The summed E-state index contributed by atoms with van der Waals surface area (Å²) >= 11 is 0. The van der Waals surface area contributed by atoms with E-state index in [-0.39, 0.29) is 0 Å². The van der Waals surface area contributed by atoms with Gasteiger partial charge in [0.1, 0.15) is 0 Å². The zero-order valence-electron chi connectivity index (χ0n) is 13.0. The number of carboxylic acid groups (broad SMARTS) is 1. The van der Waals surface area contributed by atoms with Crippen LogP contribution in [-0.2, 0) is 42.9 Å². The van der Waals surface area contributed by atoms with E-state index >= 15 is 0 Å². The first-order valence-corrected chi connectivity index (χ1v) is 6.60. The number of esters is 3. The van der Waals surface area contributed by atoms with Gasteiger partial charge >= 0.3 is 23.9 Å². The first-order valence-electron chi connectivity index (χ1n) is 6.60. The van der Waals surface area contributed by atoms with Crippen LogP contribution in [0.1, 0.15) is 20.8 Å². The van der Waals surface area contributed by atoms with Crippen LogP contribution >= 0.6 is 0 Å². The largest absolute Gasteiger partial charge is 0.479 e. The number of hydrogen-bond acceptors (Lipinski definition) is 9. The molecule has 0 amide bonds. The Labute approximate surface area is 131 Å². The molecule has 1 fully saturated rings. The van der Waals surface area contributed by atoms with E-state index in [4.69, 9.17) is 23.7 Å². The lowest BCUT2D eigenvalue weighted by atomic mass is 9.98. The number of carboxylic acids is 1. The third kappa shape index (κ3) is 4.89. The Bertz CT molecular complexity index is 487. The van der Waals surface area contributed by atoms with Crippen LogP contribution in [0.25, 0.3) is 0 Å². The van der Waals surface area contributed by atoms with Crippen molar-refractivity contribution in [2.45, 2.75) is 51.5 Å². The molecule has 0 bridgehead atoms. The molecule has 0 unspecified atom stereocenters. The summed E-state index contributed by atoms with van der Waals surface area (Å²) in [6, 6.07) is 0. The van der Waals surface area contributed by atoms with Gasteiger partial charge < -0.3 is 28.8 Å². The summed E-state index contributed by atoms with van der Waals surface area (Å²) < 4.78 is 25.1. The topological polar surface area (TPSA) is 135 Å². The van der Waals surface area contributed by atoms with Gasteiger partial charge in [0.2, 0.25) is 0 Å². The van der Waals surface area contributed by atoms with Gasteiger partial charge in [0.05, 0.1) is 0 Å². The molecule has 0 saturated carbocycles. The van der Waals surface area contributed by atoms with Crippen LogP contribution in [0.15, 0.2) is 0 Å². The Balaban J connectivity index is 3.25. The van der Waals surface area contributed by atoms with Crippen LogP contribution in [0.4, 0.5) is 0 Å². The molecule has 0 aliphatic carbocycles. The fourth-order valence-electron chi connectivity index (χ4n) is 2.16. The van der Waals surface area contributed by atoms with Gasteiger partial charge in [-0.25, -0.2) is 4.79 Å². The van der Waals surface area contributed by atoms with E-state index < -0.39 is 54.6 Å². The van der Waals surface area contributed by atoms with Crippen LogP contribution in [0, 0.1) is 0 Å². The monoisotopic (exact) mass is 334 g/mol. The van der Waals surface area contributed by atoms with Crippen molar-refractivity contribution in [3.05, 3.63) is 0 Å². The van der Waals surface area contributed by atoms with Crippen molar-refractivity contribution in [2.75, 3.05) is 7.11 Å². The molecular formula is C13H18O10. The lowest BCUT2D eigenvalue weighted by Gasteiger charge is -2.42. The Hall–Kier alpha value is -2.20. The Morgan fingerprint density at radius 1 is 0.826 bits per heavy atom. The summed E-state index contributed by atoms with van der Waals surface area (Å²) in [5.41, 5.74) is 0. The highest BCUT2D eigenvalue weighted by atomic mass is 16.7. The highest BCUT2D eigenvalue weighted by Gasteiger charge is 2.54. The molecule has 1 rings (SSSR count). The molecule has 5 atom stereocenters. The number of carbonyl (C=O) groups is 4. The van der Waals surface area contributed by atoms with E-state index in [0.717, 1.165) is 20.8 Å². The molecule has 130 valence electrons. The summed E-state index contributed by atoms with van der Waals surface area (Å²) in [4.78, 5) is 45.2. The lowest BCUT2D eigenvalue weighted by molar-refractivity contribution is -0.295. The predicted octanol–water partition coefficient (Wildman–Crippen LogP) is -0.763. The van der Waals surface area contributed by atoms with Gasteiger partial charge in [0.25, 0.3) is 0 Å². The molecular weight excluding hydrogens is 316 g/mol. The van der Waals surface area contributed by atoms with E-state index in [1.54, 1.807) is 0 Å². The smallest absolute Gasteiger partial charge is 0.337 e. The molecule has 1 aliphatic heterocycles. The van der Waals surface area contributed by atoms with Gasteiger partial charge in [0, 0.05) is 27.9 Å². The Morgan fingerprint density at radius 3 is 1.65 bits per heavy atom. The first kappa shape index (κ1) is 18.8. The minimum atomic E-state index is -1.67. The quantitative estimate of drug-likeness (QED) is 0.504. The Kier molecular flexibility index (Phi) is 6.46. The van der Waals surface area contributed by atoms with Crippen molar-refractivity contribution in [3.8, 4) is 0 Å². The zero-order valence-corrected chi connectivity index (χ0v) is 13.0. The number of ether oxygens (including phenoxy) is 5. The minimum absolute atomic E-state index is 0.742. The van der Waals surface area contributed by atoms with Crippen LogP contribution in [0.3, 0.4) is 0 Å². The summed E-state index contributed by atoms with van der Waals surface area (Å²) in [7, 11) is 1.19. The van der Waals surface area contributed by atoms with E-state index in [1.807, 2.05) is 0 Å². The standard InChI is InChI=1S/C13H18O10/c1-5(14)20-8-9(21-6(2)15)11(22-7(3)16)13(19-4)23-10(8)12(17)18/h8-11,13H,1-4H3,(H,17,18)/t8-,9-,10-,11-,13-/m0/s1. The van der Waals surface area contributed by atoms with Gasteiger partial charge in [-0.15, -0.1) is 0 Å². The molecule has 0 spiro atoms. The van der Waals surface area contributed by atoms with Crippen molar-refractivity contribution in [1.29, 1.82) is 0 Å². The van der Waals surface area contributed by atoms with E-state index in [9.17, 15) is 24.3 Å². The third-order valence-electron chi connectivity index (χ3n) is 2.88. The normalized spacial score (nSPS) is 30.2. The average molecular weight is 334 g/mol. The molecule has 0 aromatic carbocycles. The number of methoxy groups -OCH3 is 1. The van der Waals surface area contributed by atoms with Gasteiger partial charge in [0.15, 0.2) is 30.7 Å². The number of rotatable bonds is 5. The SMILES string of the molecule is CO[C@H]1O[C@H](C(=O)O)[C@@H](OC(C)=O)[C@H](OC(C)=O)[C@@H]1OC(C)=O. The van der Waals surface area contributed by atoms with Crippen molar-refractivity contribution in [2.24, 2.45) is 0 Å². The molecule has 0 aromatic rings. The van der Waals surface area contributed by atoms with Gasteiger partial charge in [-0.05, 0) is 0 Å². The van der Waals surface area contributed by atoms with Crippen molar-refractivity contribution >= 4 is 23.9 Å². The maximum atomic E-state index is 11.3. The fourth-order valence-corrected chi connectivity index (χ4v) is 2.16. The second-order valence-electron chi connectivity index (χ2n) is 4.72. The maximum absolute atomic E-state index is 11.3. The number of aliphatic carboxylic acids is 1. The molecule has 10 nitrogen and oxygen atoms in total. The molecule has 1 saturated heterocycles. The summed E-state index contributed by atoms with van der Waals surface area (Å²) in [6.45, 7) is 3.22. The van der Waals surface area contributed by atoms with Gasteiger partial charge in [-0.1, -0.05) is 0 Å². The van der Waals surface area contributed by atoms with Crippen LogP contribution in [0.2, 0.25) is 0 Å². The maximum Gasteiger partial charge on any atom is 0.337 e. The van der Waals surface area contributed by atoms with E-state index in [1.165, 1.54) is 7.11 Å². The van der Waals surface area contributed by atoms with Crippen molar-refractivity contribution < 1.29 is 48.0 Å². The molecule has 0 aromatic heterocycles. The van der Waals surface area contributed by atoms with Gasteiger partial charge in [-0.2, -0.15) is 0 Å². The number of hydrogen-bond donors (Lipinski definition) is 1. The lowest BCUT2D eigenvalue weighted by Crippen LogP contribution is -2.63. The Morgan fingerprint density at radius 2 is 1.26 bits per heavy atom. The highest BCUT2D eigenvalue weighted by molar-refractivity contribution is 5.75. The summed E-state index contributed by atoms with van der Waals surface area (Å²) in [6.07, 6.45) is -7.21. The molecule has 1 heterocycles. The van der Waals surface area contributed by atoms with E-state index in [2.05, 4.69) is 0 Å². The molecule has 1 N–H and O–H groups in total. The molecule has 23 heavy (non-hydrogen) atoms. The molecule has 0 radical (unpaired) electrons. The predicted molar refractivity (Wildman–Crippen MR) is 70.0 cm³/mol. The second kappa shape index (κ2) is 7.88. The second-order valence-corrected chi connectivity index (χ2v) is 4.72. The van der Waals surface area contributed by atoms with Crippen molar-refractivity contribution in [1.82, 2.24) is 0 Å². The fraction of sp³-hybridized carbons (Fsp3) is 0.692. The molecule has 1 aliphatic rings. The summed E-state index contributed by atoms with van der Waals surface area (Å²) in [5.74, 6) is -3.81. The van der Waals surface area contributed by atoms with E-state index in [0.29, 0.717) is 0 Å². The zero-order chi connectivity index (χ0) is 17.7. The summed E-state index contributed by atoms with van der Waals surface area (Å²) in [5, 5.41) is 9.23. The third-order valence-corrected chi connectivity index (χ3v) is 2.88. The average Bonchev–Trinajstić information content (AvgIpc) is 2.40. The van der Waals surface area contributed by atoms with Crippen LogP contribution in [0.5, 0.6) is 0 Å². The highest BCUT2D eigenvalue weighted by Crippen LogP contribution is 2.29. The minimum Gasteiger partial charge on any atom is -0.479 e. The van der Waals surface area contributed by atoms with Crippen LogP contribution in [-0.4, -0.2) is 66.8 Å². The number of carbonyl (C=O) groups excluding carboxylic acids is 3. The van der Waals surface area contributed by atoms with Crippen LogP contribution < -0.4 is 0 Å². The van der Waals surface area contributed by atoms with Crippen molar-refractivity contribution in [3.63, 3.8) is 0 Å². The first-order chi connectivity index (χ1) is 10.7.